The Bertz CT molecular complexity index is 787. The number of hydrogen-bond acceptors (Lipinski definition) is 5. The zero-order chi connectivity index (χ0) is 19.3. The minimum atomic E-state index is -0.177. The number of hydrazone groups is 1. The average Bonchev–Trinajstić information content (AvgIpc) is 2.56. The van der Waals surface area contributed by atoms with Crippen LogP contribution in [0.15, 0.2) is 40.6 Å². The van der Waals surface area contributed by atoms with Gasteiger partial charge in [-0.25, -0.2) is 15.4 Å². The van der Waals surface area contributed by atoms with Crippen LogP contribution in [0, 0.1) is 13.8 Å². The molecule has 0 saturated heterocycles. The summed E-state index contributed by atoms with van der Waals surface area (Å²) < 4.78 is 0. The van der Waals surface area contributed by atoms with E-state index in [0.29, 0.717) is 5.16 Å². The van der Waals surface area contributed by atoms with Crippen molar-refractivity contribution in [1.29, 1.82) is 0 Å². The molecule has 0 bridgehead atoms. The number of nitrogens with one attached hydrogen (secondary N) is 1. The van der Waals surface area contributed by atoms with Crippen molar-refractivity contribution >= 4 is 23.4 Å². The first kappa shape index (κ1) is 20.1. The van der Waals surface area contributed by atoms with Crippen LogP contribution < -0.4 is 5.43 Å². The predicted octanol–water partition coefficient (Wildman–Crippen LogP) is 4.02. The van der Waals surface area contributed by atoms with E-state index >= 15 is 0 Å². The highest BCUT2D eigenvalue weighted by molar-refractivity contribution is 7.99. The van der Waals surface area contributed by atoms with Gasteiger partial charge in [0.15, 0.2) is 5.16 Å². The molecule has 1 aromatic heterocycles. The molecule has 138 valence electrons. The third kappa shape index (κ3) is 5.95. The topological polar surface area (TPSA) is 67.2 Å². The van der Waals surface area contributed by atoms with Crippen LogP contribution in [-0.2, 0) is 10.2 Å². The van der Waals surface area contributed by atoms with Crippen molar-refractivity contribution in [1.82, 2.24) is 15.4 Å². The third-order valence-corrected chi connectivity index (χ3v) is 4.66. The number of amides is 1. The molecule has 0 aliphatic heterocycles. The van der Waals surface area contributed by atoms with Crippen LogP contribution in [0.4, 0.5) is 0 Å². The maximum Gasteiger partial charge on any atom is 0.250 e. The molecular weight excluding hydrogens is 344 g/mol. The largest absolute Gasteiger partial charge is 0.272 e. The lowest BCUT2D eigenvalue weighted by molar-refractivity contribution is -0.118. The molecule has 2 aromatic rings. The van der Waals surface area contributed by atoms with Crippen LogP contribution in [-0.4, -0.2) is 27.3 Å². The van der Waals surface area contributed by atoms with Crippen molar-refractivity contribution < 1.29 is 4.79 Å². The van der Waals surface area contributed by atoms with Gasteiger partial charge in [0.25, 0.3) is 5.91 Å². The molecule has 0 fully saturated rings. The summed E-state index contributed by atoms with van der Waals surface area (Å²) in [5.41, 5.74) is 7.53. The fourth-order valence-corrected chi connectivity index (χ4v) is 3.08. The number of aryl methyl sites for hydroxylation is 2. The zero-order valence-corrected chi connectivity index (χ0v) is 17.1. The van der Waals surface area contributed by atoms with Gasteiger partial charge in [0.2, 0.25) is 0 Å². The molecule has 1 N–H and O–H groups in total. The van der Waals surface area contributed by atoms with Crippen molar-refractivity contribution in [2.75, 3.05) is 5.75 Å². The zero-order valence-electron chi connectivity index (χ0n) is 16.3. The Labute approximate surface area is 159 Å². The van der Waals surface area contributed by atoms with E-state index in [9.17, 15) is 4.79 Å². The molecule has 6 heteroatoms. The van der Waals surface area contributed by atoms with E-state index in [2.05, 4.69) is 53.4 Å². The number of benzene rings is 1. The molecule has 0 aliphatic rings. The molecule has 1 amide bonds. The highest BCUT2D eigenvalue weighted by atomic mass is 32.2. The van der Waals surface area contributed by atoms with Gasteiger partial charge in [-0.2, -0.15) is 5.10 Å². The van der Waals surface area contributed by atoms with Gasteiger partial charge < -0.3 is 0 Å². The number of carbonyl (C=O) groups is 1. The molecule has 2 rings (SSSR count). The van der Waals surface area contributed by atoms with Crippen LogP contribution in [0.3, 0.4) is 0 Å². The Morgan fingerprint density at radius 3 is 2.23 bits per heavy atom. The number of thioether (sulfide) groups is 1. The molecular formula is C20H26N4OS. The van der Waals surface area contributed by atoms with E-state index < -0.39 is 0 Å². The summed E-state index contributed by atoms with van der Waals surface area (Å²) in [6.07, 6.45) is 0. The fraction of sp³-hybridized carbons (Fsp3) is 0.400. The van der Waals surface area contributed by atoms with Gasteiger partial charge in [-0.15, -0.1) is 0 Å². The summed E-state index contributed by atoms with van der Waals surface area (Å²) in [5.74, 6) is 0.0474. The molecule has 1 aromatic carbocycles. The second kappa shape index (κ2) is 8.45. The molecule has 0 atom stereocenters. The molecule has 5 nitrogen and oxygen atoms in total. The standard InChI is InChI=1S/C20H26N4OS/c1-13-11-14(2)22-19(21-13)26-12-18(25)24-23-15(3)16-7-9-17(10-8-16)20(4,5)6/h7-11H,12H2,1-6H3,(H,24,25)/b23-15-. The van der Waals surface area contributed by atoms with Gasteiger partial charge in [-0.1, -0.05) is 56.8 Å². The molecule has 0 radical (unpaired) electrons. The fourth-order valence-electron chi connectivity index (χ4n) is 2.34. The summed E-state index contributed by atoms with van der Waals surface area (Å²) in [7, 11) is 0. The number of carbonyl (C=O) groups excluding carboxylic acids is 1. The highest BCUT2D eigenvalue weighted by Crippen LogP contribution is 2.22. The summed E-state index contributed by atoms with van der Waals surface area (Å²) in [5, 5.41) is 4.80. The summed E-state index contributed by atoms with van der Waals surface area (Å²) in [6, 6.07) is 10.2. The monoisotopic (exact) mass is 370 g/mol. The van der Waals surface area contributed by atoms with Gasteiger partial charge in [-0.3, -0.25) is 4.79 Å². The number of aromatic nitrogens is 2. The SMILES string of the molecule is C/C(=N/NC(=O)CSc1nc(C)cc(C)n1)c1ccc(C(C)(C)C)cc1. The summed E-state index contributed by atoms with van der Waals surface area (Å²) in [6.45, 7) is 12.3. The van der Waals surface area contributed by atoms with E-state index in [1.54, 1.807) is 0 Å². The Kier molecular flexibility index (Phi) is 6.53. The van der Waals surface area contributed by atoms with Crippen molar-refractivity contribution in [3.8, 4) is 0 Å². The second-order valence-electron chi connectivity index (χ2n) is 7.28. The lowest BCUT2D eigenvalue weighted by Gasteiger charge is -2.19. The first-order valence-corrected chi connectivity index (χ1v) is 9.53. The lowest BCUT2D eigenvalue weighted by Crippen LogP contribution is -2.21. The van der Waals surface area contributed by atoms with Gasteiger partial charge in [0.05, 0.1) is 11.5 Å². The van der Waals surface area contributed by atoms with E-state index in [4.69, 9.17) is 0 Å². The van der Waals surface area contributed by atoms with Gasteiger partial charge >= 0.3 is 0 Å². The number of hydrogen-bond donors (Lipinski definition) is 1. The summed E-state index contributed by atoms with van der Waals surface area (Å²) >= 11 is 1.31. The van der Waals surface area contributed by atoms with Crippen molar-refractivity contribution in [2.24, 2.45) is 5.10 Å². The second-order valence-corrected chi connectivity index (χ2v) is 8.22. The van der Waals surface area contributed by atoms with E-state index in [1.165, 1.54) is 17.3 Å². The quantitative estimate of drug-likeness (QED) is 0.373. The number of nitrogens with zero attached hydrogens (tertiary/aromatic N) is 3. The molecule has 0 saturated carbocycles. The van der Waals surface area contributed by atoms with Gasteiger partial charge in [-0.05, 0) is 43.4 Å². The van der Waals surface area contributed by atoms with Crippen LogP contribution in [0.1, 0.15) is 50.2 Å². The van der Waals surface area contributed by atoms with Crippen molar-refractivity contribution in [3.63, 3.8) is 0 Å². The van der Waals surface area contributed by atoms with Crippen LogP contribution in [0.5, 0.6) is 0 Å². The number of rotatable bonds is 5. The van der Waals surface area contributed by atoms with Crippen molar-refractivity contribution in [3.05, 3.63) is 52.8 Å². The molecule has 1 heterocycles. The van der Waals surface area contributed by atoms with Gasteiger partial charge in [0, 0.05) is 11.4 Å². The lowest BCUT2D eigenvalue weighted by atomic mass is 9.86. The third-order valence-electron chi connectivity index (χ3n) is 3.81. The van der Waals surface area contributed by atoms with E-state index in [0.717, 1.165) is 22.7 Å². The highest BCUT2D eigenvalue weighted by Gasteiger charge is 2.13. The normalized spacial score (nSPS) is 12.2. The molecule has 0 unspecified atom stereocenters. The Balaban J connectivity index is 1.92. The van der Waals surface area contributed by atoms with Crippen molar-refractivity contribution in [2.45, 2.75) is 52.1 Å². The maximum absolute atomic E-state index is 12.0. The first-order valence-electron chi connectivity index (χ1n) is 8.54. The minimum Gasteiger partial charge on any atom is -0.272 e. The van der Waals surface area contributed by atoms with E-state index in [1.807, 2.05) is 39.0 Å². The molecule has 26 heavy (non-hydrogen) atoms. The smallest absolute Gasteiger partial charge is 0.250 e. The predicted molar refractivity (Wildman–Crippen MR) is 108 cm³/mol. The Morgan fingerprint density at radius 2 is 1.69 bits per heavy atom. The van der Waals surface area contributed by atoms with E-state index in [-0.39, 0.29) is 17.1 Å². The average molecular weight is 371 g/mol. The van der Waals surface area contributed by atoms with Crippen LogP contribution in [0.25, 0.3) is 0 Å². The maximum atomic E-state index is 12.0. The van der Waals surface area contributed by atoms with Crippen LogP contribution >= 0.6 is 11.8 Å². The molecule has 0 spiro atoms. The molecule has 0 aliphatic carbocycles. The summed E-state index contributed by atoms with van der Waals surface area (Å²) in [4.78, 5) is 20.6. The Morgan fingerprint density at radius 1 is 1.12 bits per heavy atom. The Hall–Kier alpha value is -2.21. The van der Waals surface area contributed by atoms with Gasteiger partial charge in [0.1, 0.15) is 0 Å². The minimum absolute atomic E-state index is 0.116. The first-order chi connectivity index (χ1) is 12.1. The van der Waals surface area contributed by atoms with Crippen LogP contribution in [0.2, 0.25) is 0 Å².